The molecule has 2 N–H and O–H groups in total. The lowest BCUT2D eigenvalue weighted by atomic mass is 9.81. The number of hydrogen-bond acceptors (Lipinski definition) is 3. The van der Waals surface area contributed by atoms with Crippen molar-refractivity contribution in [3.05, 3.63) is 0 Å². The molecule has 0 aliphatic carbocycles. The molecule has 1 heterocycles. The van der Waals surface area contributed by atoms with E-state index in [0.29, 0.717) is 6.54 Å². The molecule has 1 rings (SSSR count). The van der Waals surface area contributed by atoms with Crippen molar-refractivity contribution >= 4 is 5.91 Å². The van der Waals surface area contributed by atoms with Gasteiger partial charge in [0.05, 0.1) is 11.5 Å². The van der Waals surface area contributed by atoms with Gasteiger partial charge in [0.25, 0.3) is 0 Å². The van der Waals surface area contributed by atoms with E-state index in [9.17, 15) is 9.90 Å². The van der Waals surface area contributed by atoms with Crippen molar-refractivity contribution in [3.8, 4) is 0 Å². The van der Waals surface area contributed by atoms with Gasteiger partial charge in [0.2, 0.25) is 5.91 Å². The van der Waals surface area contributed by atoms with E-state index in [2.05, 4.69) is 12.2 Å². The molecule has 0 aromatic heterocycles. The number of carbonyl (C=O) groups excluding carboxylic acids is 1. The van der Waals surface area contributed by atoms with Crippen LogP contribution in [0.5, 0.6) is 0 Å². The lowest BCUT2D eigenvalue weighted by Crippen LogP contribution is -2.45. The zero-order valence-corrected chi connectivity index (χ0v) is 10.6. The van der Waals surface area contributed by atoms with Gasteiger partial charge in [-0.3, -0.25) is 4.79 Å². The Morgan fingerprint density at radius 3 is 2.75 bits per heavy atom. The van der Waals surface area contributed by atoms with Crippen LogP contribution in [0, 0.1) is 5.41 Å². The summed E-state index contributed by atoms with van der Waals surface area (Å²) in [6.45, 7) is 5.95. The first-order valence-corrected chi connectivity index (χ1v) is 6.16. The number of carbonyl (C=O) groups is 1. The maximum Gasteiger partial charge on any atom is 0.229 e. The topological polar surface area (TPSA) is 52.6 Å². The first-order valence-electron chi connectivity index (χ1n) is 6.16. The number of amides is 1. The van der Waals surface area contributed by atoms with E-state index in [0.717, 1.165) is 32.4 Å². The Labute approximate surface area is 98.0 Å². The molecule has 1 aliphatic heterocycles. The molecule has 4 nitrogen and oxygen atoms in total. The third kappa shape index (κ3) is 2.95. The van der Waals surface area contributed by atoms with Crippen molar-refractivity contribution in [1.29, 1.82) is 0 Å². The SMILES string of the molecule is CCCC1(C(=O)N(C)CC(C)O)CCNC1. The summed E-state index contributed by atoms with van der Waals surface area (Å²) in [5.41, 5.74) is -0.224. The Morgan fingerprint density at radius 1 is 1.62 bits per heavy atom. The van der Waals surface area contributed by atoms with Crippen molar-refractivity contribution in [3.63, 3.8) is 0 Å². The van der Waals surface area contributed by atoms with Crippen LogP contribution in [0.15, 0.2) is 0 Å². The third-order valence-electron chi connectivity index (χ3n) is 3.31. The average molecular weight is 228 g/mol. The molecular formula is C12H24N2O2. The molecule has 4 heteroatoms. The fourth-order valence-electron chi connectivity index (χ4n) is 2.61. The minimum absolute atomic E-state index is 0.181. The van der Waals surface area contributed by atoms with Gasteiger partial charge in [-0.2, -0.15) is 0 Å². The van der Waals surface area contributed by atoms with Gasteiger partial charge in [0.1, 0.15) is 0 Å². The highest BCUT2D eigenvalue weighted by Crippen LogP contribution is 2.33. The largest absolute Gasteiger partial charge is 0.392 e. The van der Waals surface area contributed by atoms with Crippen LogP contribution in [-0.2, 0) is 4.79 Å². The Kier molecular flexibility index (Phi) is 4.74. The molecule has 1 fully saturated rings. The minimum Gasteiger partial charge on any atom is -0.392 e. The maximum atomic E-state index is 12.4. The first kappa shape index (κ1) is 13.5. The monoisotopic (exact) mass is 228 g/mol. The third-order valence-corrected chi connectivity index (χ3v) is 3.31. The zero-order chi connectivity index (χ0) is 12.2. The van der Waals surface area contributed by atoms with Crippen LogP contribution in [-0.4, -0.2) is 48.7 Å². The Balaban J connectivity index is 2.67. The second-order valence-electron chi connectivity index (χ2n) is 4.99. The fourth-order valence-corrected chi connectivity index (χ4v) is 2.61. The van der Waals surface area contributed by atoms with Crippen molar-refractivity contribution < 1.29 is 9.90 Å². The summed E-state index contributed by atoms with van der Waals surface area (Å²) in [4.78, 5) is 14.0. The molecule has 1 aliphatic rings. The summed E-state index contributed by atoms with van der Waals surface area (Å²) in [6.07, 6.45) is 2.42. The molecular weight excluding hydrogens is 204 g/mol. The smallest absolute Gasteiger partial charge is 0.229 e. The van der Waals surface area contributed by atoms with Crippen LogP contribution in [0.25, 0.3) is 0 Å². The molecule has 0 radical (unpaired) electrons. The number of rotatable bonds is 5. The normalized spacial score (nSPS) is 26.8. The lowest BCUT2D eigenvalue weighted by Gasteiger charge is -2.32. The summed E-state index contributed by atoms with van der Waals surface area (Å²) >= 11 is 0. The molecule has 2 unspecified atom stereocenters. The number of hydrogen-bond donors (Lipinski definition) is 2. The number of nitrogens with zero attached hydrogens (tertiary/aromatic N) is 1. The molecule has 16 heavy (non-hydrogen) atoms. The van der Waals surface area contributed by atoms with E-state index in [1.807, 2.05) is 0 Å². The van der Waals surface area contributed by atoms with E-state index in [1.165, 1.54) is 0 Å². The van der Waals surface area contributed by atoms with Gasteiger partial charge in [0.15, 0.2) is 0 Å². The van der Waals surface area contributed by atoms with E-state index in [1.54, 1.807) is 18.9 Å². The molecule has 94 valence electrons. The molecule has 0 spiro atoms. The summed E-state index contributed by atoms with van der Waals surface area (Å²) in [5.74, 6) is 0.181. The van der Waals surface area contributed by atoms with E-state index >= 15 is 0 Å². The van der Waals surface area contributed by atoms with E-state index in [-0.39, 0.29) is 11.3 Å². The quantitative estimate of drug-likeness (QED) is 0.725. The van der Waals surface area contributed by atoms with Crippen molar-refractivity contribution in [2.24, 2.45) is 5.41 Å². The second-order valence-corrected chi connectivity index (χ2v) is 4.99. The molecule has 0 aromatic rings. The first-order chi connectivity index (χ1) is 7.52. The minimum atomic E-state index is -0.456. The Morgan fingerprint density at radius 2 is 2.31 bits per heavy atom. The predicted octanol–water partition coefficient (Wildman–Crippen LogP) is 0.605. The summed E-state index contributed by atoms with van der Waals surface area (Å²) in [7, 11) is 1.78. The van der Waals surface area contributed by atoms with Gasteiger partial charge in [-0.15, -0.1) is 0 Å². The fraction of sp³-hybridized carbons (Fsp3) is 0.917. The Bertz CT molecular complexity index is 235. The van der Waals surface area contributed by atoms with Crippen LogP contribution >= 0.6 is 0 Å². The number of likely N-dealkylation sites (N-methyl/N-ethyl adjacent to an activating group) is 1. The number of aliphatic hydroxyl groups excluding tert-OH is 1. The van der Waals surface area contributed by atoms with Gasteiger partial charge in [-0.05, 0) is 26.3 Å². The van der Waals surface area contributed by atoms with Gasteiger partial charge < -0.3 is 15.3 Å². The van der Waals surface area contributed by atoms with Crippen LogP contribution in [0.3, 0.4) is 0 Å². The predicted molar refractivity (Wildman–Crippen MR) is 64.1 cm³/mol. The average Bonchev–Trinajstić information content (AvgIpc) is 2.66. The second kappa shape index (κ2) is 5.64. The van der Waals surface area contributed by atoms with Crippen LogP contribution in [0.4, 0.5) is 0 Å². The number of nitrogens with one attached hydrogen (secondary N) is 1. The van der Waals surface area contributed by atoms with Crippen LogP contribution in [0.2, 0.25) is 0 Å². The van der Waals surface area contributed by atoms with Gasteiger partial charge in [-0.1, -0.05) is 13.3 Å². The van der Waals surface area contributed by atoms with E-state index in [4.69, 9.17) is 0 Å². The van der Waals surface area contributed by atoms with Crippen molar-refractivity contribution in [2.75, 3.05) is 26.7 Å². The summed E-state index contributed by atoms with van der Waals surface area (Å²) < 4.78 is 0. The van der Waals surface area contributed by atoms with Crippen LogP contribution < -0.4 is 5.32 Å². The standard InChI is InChI=1S/C12H24N2O2/c1-4-5-12(6-7-13-9-12)11(16)14(3)8-10(2)15/h10,13,15H,4-9H2,1-3H3. The molecule has 2 atom stereocenters. The van der Waals surface area contributed by atoms with Crippen LogP contribution in [0.1, 0.15) is 33.1 Å². The Hall–Kier alpha value is -0.610. The zero-order valence-electron chi connectivity index (χ0n) is 10.6. The maximum absolute atomic E-state index is 12.4. The molecule has 1 amide bonds. The van der Waals surface area contributed by atoms with Gasteiger partial charge in [0, 0.05) is 20.1 Å². The van der Waals surface area contributed by atoms with Crippen molar-refractivity contribution in [2.45, 2.75) is 39.2 Å². The molecule has 0 bridgehead atoms. The molecule has 1 saturated heterocycles. The van der Waals surface area contributed by atoms with E-state index < -0.39 is 6.10 Å². The van der Waals surface area contributed by atoms with Gasteiger partial charge in [-0.25, -0.2) is 0 Å². The lowest BCUT2D eigenvalue weighted by molar-refractivity contribution is -0.141. The van der Waals surface area contributed by atoms with Crippen molar-refractivity contribution in [1.82, 2.24) is 10.2 Å². The molecule has 0 saturated carbocycles. The molecule has 0 aromatic carbocycles. The highest BCUT2D eigenvalue weighted by atomic mass is 16.3. The highest BCUT2D eigenvalue weighted by Gasteiger charge is 2.41. The van der Waals surface area contributed by atoms with Gasteiger partial charge >= 0.3 is 0 Å². The summed E-state index contributed by atoms with van der Waals surface area (Å²) in [5, 5.41) is 12.6. The highest BCUT2D eigenvalue weighted by molar-refractivity contribution is 5.83. The number of aliphatic hydroxyl groups is 1. The summed E-state index contributed by atoms with van der Waals surface area (Å²) in [6, 6.07) is 0.